The Morgan fingerprint density at radius 2 is 0.887 bits per heavy atom. The van der Waals surface area contributed by atoms with Gasteiger partial charge in [-0.25, -0.2) is 19.4 Å². The molecule has 2 aliphatic heterocycles. The van der Waals surface area contributed by atoms with Gasteiger partial charge in [0.25, 0.3) is 23.6 Å². The lowest BCUT2D eigenvalue weighted by Crippen LogP contribution is -2.91. The SMILES string of the molecule is O=C(O)c1ccc2c(c1)C(=O)N(c1ccc(C3(c4ccc(N5C(=O)c6ccc(C(=O)O)cc6C5=O)cc4)C4CC56CC7CC8C9C%10CC%11CC9(C7)C5C(C%11)(C4)C%10C3C86)cc1)C2=O. The van der Waals surface area contributed by atoms with Gasteiger partial charge < -0.3 is 10.2 Å². The molecule has 3 spiro atoms. The number of amides is 4. The molecule has 10 heteroatoms. The van der Waals surface area contributed by atoms with Crippen LogP contribution in [0.2, 0.25) is 0 Å². The van der Waals surface area contributed by atoms with E-state index in [9.17, 15) is 39.0 Å². The van der Waals surface area contributed by atoms with E-state index in [1.54, 1.807) is 0 Å². The Balaban J connectivity index is 0.885. The van der Waals surface area contributed by atoms with E-state index in [4.69, 9.17) is 0 Å². The summed E-state index contributed by atoms with van der Waals surface area (Å²) in [5.74, 6) is 2.59. The Kier molecular flexibility index (Phi) is 5.85. The van der Waals surface area contributed by atoms with Gasteiger partial charge in [0.15, 0.2) is 0 Å². The highest BCUT2D eigenvalue weighted by molar-refractivity contribution is 6.35. The number of rotatable bonds is 6. The van der Waals surface area contributed by atoms with Crippen LogP contribution in [0.4, 0.5) is 11.4 Å². The lowest BCUT2D eigenvalue weighted by Gasteiger charge is -2.95. The average molecular weight is 823 g/mol. The molecule has 8 unspecified atom stereocenters. The predicted octanol–water partition coefficient (Wildman–Crippen LogP) is 8.33. The second-order valence-electron chi connectivity index (χ2n) is 21.7. The molecular formula is C52H42N2O8. The number of aromatic carboxylic acids is 2. The van der Waals surface area contributed by atoms with E-state index >= 15 is 0 Å². The first-order valence-electron chi connectivity index (χ1n) is 22.6. The first-order chi connectivity index (χ1) is 29.9. The van der Waals surface area contributed by atoms with Crippen molar-refractivity contribution in [3.05, 3.63) is 129 Å². The smallest absolute Gasteiger partial charge is 0.335 e. The molecule has 4 amide bonds. The van der Waals surface area contributed by atoms with Crippen molar-refractivity contribution in [1.29, 1.82) is 0 Å². The molecule has 62 heavy (non-hydrogen) atoms. The van der Waals surface area contributed by atoms with Gasteiger partial charge in [0.2, 0.25) is 0 Å². The minimum Gasteiger partial charge on any atom is -0.478 e. The van der Waals surface area contributed by atoms with Crippen molar-refractivity contribution >= 4 is 46.9 Å². The second kappa shape index (κ2) is 10.5. The van der Waals surface area contributed by atoms with Crippen molar-refractivity contribution in [3.63, 3.8) is 0 Å². The zero-order valence-corrected chi connectivity index (χ0v) is 33.8. The Labute approximate surface area is 356 Å². The molecule has 4 aromatic rings. The van der Waals surface area contributed by atoms with Crippen molar-refractivity contribution in [1.82, 2.24) is 0 Å². The molecule has 308 valence electrons. The molecule has 2 heterocycles. The van der Waals surface area contributed by atoms with Crippen LogP contribution >= 0.6 is 0 Å². The summed E-state index contributed by atoms with van der Waals surface area (Å²) in [7, 11) is 0. The van der Waals surface area contributed by atoms with Crippen molar-refractivity contribution in [3.8, 4) is 0 Å². The summed E-state index contributed by atoms with van der Waals surface area (Å²) in [6, 6.07) is 24.4. The summed E-state index contributed by atoms with van der Waals surface area (Å²) in [5.41, 5.74) is 4.72. The normalized spacial score (nSPS) is 40.4. The maximum absolute atomic E-state index is 13.8. The third-order valence-corrected chi connectivity index (χ3v) is 20.1. The maximum atomic E-state index is 13.8. The number of carbonyl (C=O) groups is 6. The molecular weight excluding hydrogens is 781 g/mol. The lowest BCUT2D eigenvalue weighted by atomic mass is 9.08. The fourth-order valence-corrected chi connectivity index (χ4v) is 20.2. The van der Waals surface area contributed by atoms with Crippen molar-refractivity contribution < 1.29 is 39.0 Å². The molecule has 13 saturated carbocycles. The summed E-state index contributed by atoms with van der Waals surface area (Å²) in [5, 5.41) is 19.2. The zero-order chi connectivity index (χ0) is 41.7. The van der Waals surface area contributed by atoms with Gasteiger partial charge in [0.05, 0.1) is 44.8 Å². The second-order valence-corrected chi connectivity index (χ2v) is 21.7. The maximum Gasteiger partial charge on any atom is 0.335 e. The monoisotopic (exact) mass is 822 g/mol. The van der Waals surface area contributed by atoms with Crippen LogP contribution in [-0.2, 0) is 5.41 Å². The van der Waals surface area contributed by atoms with Crippen LogP contribution in [0, 0.1) is 75.4 Å². The molecule has 2 N–H and O–H groups in total. The van der Waals surface area contributed by atoms with Crippen molar-refractivity contribution in [2.75, 3.05) is 9.80 Å². The standard InChI is InChI=1S/C52H42N2O8/c55-42-32-11-1-25(46(59)60)15-34(32)44(57)53(42)30-7-3-27(4-8-30)52(28-5-9-31(10-6-28)54-43(56)33-12-2-26(47(61)62)16-35(33)45(54)58)29-21-50-19-23-13-36-38-37-14-24-18-49(38,17-23)48(50)51(20-24,22-29)40(37)41(52)39(36)50/h1-12,15-16,23-24,29,36-41,48H,13-14,17-22H2,(H,59,60)(H,61,62). The number of imide groups is 2. The van der Waals surface area contributed by atoms with Crippen LogP contribution in [0.5, 0.6) is 0 Å². The molecule has 0 aromatic heterocycles. The van der Waals surface area contributed by atoms with Gasteiger partial charge in [0, 0.05) is 5.41 Å². The van der Waals surface area contributed by atoms with E-state index in [-0.39, 0.29) is 38.8 Å². The molecule has 10 nitrogen and oxygen atoms in total. The number of nitrogens with zero attached hydrogens (tertiary/aromatic N) is 2. The van der Waals surface area contributed by atoms with Gasteiger partial charge >= 0.3 is 11.9 Å². The third-order valence-electron chi connectivity index (χ3n) is 20.1. The van der Waals surface area contributed by atoms with Crippen LogP contribution in [0.25, 0.3) is 0 Å². The average Bonchev–Trinajstić information content (AvgIpc) is 3.65. The molecule has 0 radical (unpaired) electrons. The van der Waals surface area contributed by atoms with Gasteiger partial charge in [0.1, 0.15) is 0 Å². The summed E-state index contributed by atoms with van der Waals surface area (Å²) in [6.07, 6.45) is 10.8. The van der Waals surface area contributed by atoms with Gasteiger partial charge in [-0.2, -0.15) is 0 Å². The number of carbonyl (C=O) groups excluding carboxylic acids is 4. The molecule has 13 aliphatic carbocycles. The first kappa shape index (κ1) is 34.7. The Morgan fingerprint density at radius 1 is 0.484 bits per heavy atom. The summed E-state index contributed by atoms with van der Waals surface area (Å²) in [6.45, 7) is 0. The quantitative estimate of drug-likeness (QED) is 0.185. The van der Waals surface area contributed by atoms with Crippen LogP contribution in [0.3, 0.4) is 0 Å². The number of anilines is 2. The number of fused-ring (bicyclic) bond motifs is 2. The molecule has 0 saturated heterocycles. The minimum absolute atomic E-state index is 0.0434. The van der Waals surface area contributed by atoms with E-state index in [0.717, 1.165) is 35.5 Å². The number of carboxylic acids is 2. The Hall–Kier alpha value is -5.90. The third kappa shape index (κ3) is 3.46. The van der Waals surface area contributed by atoms with Gasteiger partial charge in [-0.05, 0) is 199 Å². The number of benzene rings is 4. The number of hydrogen-bond donors (Lipinski definition) is 2. The fraction of sp³-hybridized carbons (Fsp3) is 0.423. The zero-order valence-electron chi connectivity index (χ0n) is 33.8. The predicted molar refractivity (Wildman–Crippen MR) is 222 cm³/mol. The Morgan fingerprint density at radius 3 is 1.31 bits per heavy atom. The van der Waals surface area contributed by atoms with Gasteiger partial charge in [-0.3, -0.25) is 19.2 Å². The number of hydrogen-bond acceptors (Lipinski definition) is 6. The molecule has 4 aromatic carbocycles. The summed E-state index contributed by atoms with van der Waals surface area (Å²) < 4.78 is 0. The Bertz CT molecular complexity index is 2730. The topological polar surface area (TPSA) is 149 Å². The molecule has 13 fully saturated rings. The van der Waals surface area contributed by atoms with Crippen molar-refractivity contribution in [2.24, 2.45) is 75.4 Å². The number of carboxylic acid groups (broad SMARTS) is 2. The van der Waals surface area contributed by atoms with Crippen LogP contribution in [-0.4, -0.2) is 45.8 Å². The van der Waals surface area contributed by atoms with E-state index in [1.807, 2.05) is 24.3 Å². The molecule has 15 aliphatic rings. The van der Waals surface area contributed by atoms with E-state index in [1.165, 1.54) is 109 Å². The molecule has 8 atom stereocenters. The minimum atomic E-state index is -1.16. The molecule has 13 bridgehead atoms. The highest BCUT2D eigenvalue weighted by Gasteiger charge is 2.92. The van der Waals surface area contributed by atoms with Crippen LogP contribution in [0.15, 0.2) is 84.9 Å². The fourth-order valence-electron chi connectivity index (χ4n) is 20.2. The summed E-state index contributed by atoms with van der Waals surface area (Å²) in [4.78, 5) is 81.2. The molecule has 19 rings (SSSR count). The summed E-state index contributed by atoms with van der Waals surface area (Å²) >= 11 is 0. The van der Waals surface area contributed by atoms with Crippen molar-refractivity contribution in [2.45, 2.75) is 56.8 Å². The highest BCUT2D eigenvalue weighted by atomic mass is 16.4. The lowest BCUT2D eigenvalue weighted by molar-refractivity contribution is -0.468. The van der Waals surface area contributed by atoms with Gasteiger partial charge in [-0.15, -0.1) is 0 Å². The largest absolute Gasteiger partial charge is 0.478 e. The van der Waals surface area contributed by atoms with Crippen LogP contribution in [0.1, 0.15) is 125 Å². The van der Waals surface area contributed by atoms with Gasteiger partial charge in [-0.1, -0.05) is 24.3 Å². The highest BCUT2D eigenvalue weighted by Crippen LogP contribution is 2.97. The van der Waals surface area contributed by atoms with Crippen LogP contribution < -0.4 is 9.80 Å². The van der Waals surface area contributed by atoms with E-state index < -0.39 is 35.6 Å². The first-order valence-corrected chi connectivity index (χ1v) is 22.6. The van der Waals surface area contributed by atoms with E-state index in [2.05, 4.69) is 24.3 Å². The van der Waals surface area contributed by atoms with E-state index in [0.29, 0.717) is 51.3 Å².